The molecular formula is C16H19ClFN3O2. The van der Waals surface area contributed by atoms with Crippen LogP contribution in [-0.4, -0.2) is 35.5 Å². The van der Waals surface area contributed by atoms with Crippen molar-refractivity contribution in [1.82, 2.24) is 10.3 Å². The average molecular weight is 340 g/mol. The number of hydrazone groups is 1. The molecule has 1 aliphatic rings. The van der Waals surface area contributed by atoms with Crippen LogP contribution in [0.4, 0.5) is 4.39 Å². The Bertz CT molecular complexity index is 634. The lowest BCUT2D eigenvalue weighted by atomic mass is 10.1. The van der Waals surface area contributed by atoms with Crippen LogP contribution in [0.15, 0.2) is 23.3 Å². The summed E-state index contributed by atoms with van der Waals surface area (Å²) >= 11 is 5.95. The molecule has 0 radical (unpaired) electrons. The Morgan fingerprint density at radius 3 is 2.91 bits per heavy atom. The third-order valence-electron chi connectivity index (χ3n) is 3.68. The molecule has 1 N–H and O–H groups in total. The van der Waals surface area contributed by atoms with E-state index in [1.165, 1.54) is 18.2 Å². The fourth-order valence-electron chi connectivity index (χ4n) is 2.40. The highest BCUT2D eigenvalue weighted by atomic mass is 35.5. The summed E-state index contributed by atoms with van der Waals surface area (Å²) in [7, 11) is 0. The fourth-order valence-corrected chi connectivity index (χ4v) is 2.71. The minimum Gasteiger partial charge on any atom is -0.333 e. The normalized spacial score (nSPS) is 16.2. The summed E-state index contributed by atoms with van der Waals surface area (Å²) in [5.74, 6) is -0.798. The number of carbonyl (C=O) groups is 2. The Hall–Kier alpha value is -1.95. The first-order chi connectivity index (χ1) is 11.0. The van der Waals surface area contributed by atoms with Gasteiger partial charge < -0.3 is 4.90 Å². The van der Waals surface area contributed by atoms with Crippen LogP contribution in [0.5, 0.6) is 0 Å². The van der Waals surface area contributed by atoms with Gasteiger partial charge >= 0.3 is 0 Å². The molecule has 1 aromatic carbocycles. The molecule has 0 spiro atoms. The molecule has 0 aromatic heterocycles. The van der Waals surface area contributed by atoms with E-state index in [1.807, 2.05) is 0 Å². The van der Waals surface area contributed by atoms with Crippen molar-refractivity contribution in [2.45, 2.75) is 32.6 Å². The van der Waals surface area contributed by atoms with Crippen LogP contribution in [-0.2, 0) is 9.59 Å². The third kappa shape index (κ3) is 5.03. The molecule has 1 heterocycles. The second-order valence-electron chi connectivity index (χ2n) is 5.48. The van der Waals surface area contributed by atoms with Crippen molar-refractivity contribution in [3.05, 3.63) is 34.6 Å². The maximum atomic E-state index is 13.0. The average Bonchev–Trinajstić information content (AvgIpc) is 2.70. The molecule has 5 nitrogen and oxygen atoms in total. The predicted molar refractivity (Wildman–Crippen MR) is 86.8 cm³/mol. The van der Waals surface area contributed by atoms with E-state index in [9.17, 15) is 14.0 Å². The predicted octanol–water partition coefficient (Wildman–Crippen LogP) is 2.72. The Labute approximate surface area is 139 Å². The first-order valence-corrected chi connectivity index (χ1v) is 7.91. The van der Waals surface area contributed by atoms with Gasteiger partial charge in [-0.25, -0.2) is 9.82 Å². The van der Waals surface area contributed by atoms with E-state index < -0.39 is 5.82 Å². The van der Waals surface area contributed by atoms with Crippen LogP contribution in [0, 0.1) is 5.82 Å². The van der Waals surface area contributed by atoms with Crippen LogP contribution in [0.3, 0.4) is 0 Å². The number of carbonyl (C=O) groups excluding carboxylic acids is 2. The Morgan fingerprint density at radius 2 is 2.17 bits per heavy atom. The van der Waals surface area contributed by atoms with Crippen molar-refractivity contribution >= 4 is 29.1 Å². The summed E-state index contributed by atoms with van der Waals surface area (Å²) in [5.41, 5.74) is 3.42. The number of benzene rings is 1. The van der Waals surface area contributed by atoms with E-state index in [0.717, 1.165) is 19.3 Å². The van der Waals surface area contributed by atoms with Crippen LogP contribution >= 0.6 is 11.6 Å². The van der Waals surface area contributed by atoms with Crippen molar-refractivity contribution in [1.29, 1.82) is 0 Å². The van der Waals surface area contributed by atoms with E-state index in [1.54, 1.807) is 11.8 Å². The fraction of sp³-hybridized carbons (Fsp3) is 0.438. The van der Waals surface area contributed by atoms with Gasteiger partial charge in [0.05, 0.1) is 10.7 Å². The standard InChI is InChI=1S/C16H19ClFN3O2/c1-11(13-7-6-12(18)9-14(13)17)19-20-15(22)10-21-8-4-2-3-5-16(21)23/h6-7,9H,2-5,8,10H2,1H3,(H,20,22)/b19-11-. The maximum absolute atomic E-state index is 13.0. The number of amides is 2. The summed E-state index contributed by atoms with van der Waals surface area (Å²) in [4.78, 5) is 25.3. The zero-order chi connectivity index (χ0) is 16.8. The molecule has 0 bridgehead atoms. The van der Waals surface area contributed by atoms with Gasteiger partial charge in [0, 0.05) is 18.5 Å². The van der Waals surface area contributed by atoms with E-state index in [0.29, 0.717) is 24.2 Å². The minimum absolute atomic E-state index is 0.0000643. The van der Waals surface area contributed by atoms with E-state index >= 15 is 0 Å². The first-order valence-electron chi connectivity index (χ1n) is 7.53. The van der Waals surface area contributed by atoms with Gasteiger partial charge in [0.25, 0.3) is 5.91 Å². The molecule has 1 aliphatic heterocycles. The zero-order valence-corrected chi connectivity index (χ0v) is 13.7. The number of nitrogens with one attached hydrogen (secondary N) is 1. The molecular weight excluding hydrogens is 321 g/mol. The topological polar surface area (TPSA) is 61.8 Å². The van der Waals surface area contributed by atoms with E-state index in [4.69, 9.17) is 11.6 Å². The first kappa shape index (κ1) is 17.4. The van der Waals surface area contributed by atoms with Gasteiger partial charge in [0.15, 0.2) is 0 Å². The Kier molecular flexibility index (Phi) is 6.10. The summed E-state index contributed by atoms with van der Waals surface area (Å²) in [6.07, 6.45) is 3.27. The summed E-state index contributed by atoms with van der Waals surface area (Å²) in [6.45, 7) is 2.25. The molecule has 0 atom stereocenters. The summed E-state index contributed by atoms with van der Waals surface area (Å²) < 4.78 is 13.0. The molecule has 0 unspecified atom stereocenters. The van der Waals surface area contributed by atoms with Crippen LogP contribution < -0.4 is 5.43 Å². The Morgan fingerprint density at radius 1 is 1.39 bits per heavy atom. The summed E-state index contributed by atoms with van der Waals surface area (Å²) in [6, 6.07) is 3.96. The van der Waals surface area contributed by atoms with Gasteiger partial charge in [-0.2, -0.15) is 5.10 Å². The van der Waals surface area contributed by atoms with E-state index in [-0.39, 0.29) is 23.4 Å². The minimum atomic E-state index is -0.435. The molecule has 2 amide bonds. The summed E-state index contributed by atoms with van der Waals surface area (Å²) in [5, 5.41) is 4.20. The second kappa shape index (κ2) is 8.06. The molecule has 7 heteroatoms. The number of hydrogen-bond acceptors (Lipinski definition) is 3. The maximum Gasteiger partial charge on any atom is 0.259 e. The smallest absolute Gasteiger partial charge is 0.259 e. The van der Waals surface area contributed by atoms with Crippen LogP contribution in [0.2, 0.25) is 5.02 Å². The highest BCUT2D eigenvalue weighted by Crippen LogP contribution is 2.18. The van der Waals surface area contributed by atoms with Gasteiger partial charge in [-0.3, -0.25) is 9.59 Å². The van der Waals surface area contributed by atoms with Gasteiger partial charge in [-0.1, -0.05) is 18.0 Å². The number of hydrogen-bond donors (Lipinski definition) is 1. The largest absolute Gasteiger partial charge is 0.333 e. The van der Waals surface area contributed by atoms with Crippen LogP contribution in [0.25, 0.3) is 0 Å². The van der Waals surface area contributed by atoms with Gasteiger partial charge in [0.2, 0.25) is 5.91 Å². The SMILES string of the molecule is C/C(=N/NC(=O)CN1CCCCCC1=O)c1ccc(F)cc1Cl. The second-order valence-corrected chi connectivity index (χ2v) is 5.89. The molecule has 23 heavy (non-hydrogen) atoms. The van der Waals surface area contributed by atoms with Gasteiger partial charge in [-0.15, -0.1) is 0 Å². The van der Waals surface area contributed by atoms with Crippen molar-refractivity contribution < 1.29 is 14.0 Å². The number of likely N-dealkylation sites (tertiary alicyclic amines) is 1. The highest BCUT2D eigenvalue weighted by Gasteiger charge is 2.19. The van der Waals surface area contributed by atoms with Crippen molar-refractivity contribution in [3.8, 4) is 0 Å². The molecule has 2 rings (SSSR count). The van der Waals surface area contributed by atoms with Crippen molar-refractivity contribution in [2.24, 2.45) is 5.10 Å². The lowest BCUT2D eigenvalue weighted by molar-refractivity contribution is -0.135. The molecule has 1 aromatic rings. The third-order valence-corrected chi connectivity index (χ3v) is 3.99. The van der Waals surface area contributed by atoms with Gasteiger partial charge in [-0.05, 0) is 38.0 Å². The Balaban J connectivity index is 1.95. The zero-order valence-electron chi connectivity index (χ0n) is 12.9. The number of rotatable bonds is 4. The number of halogens is 2. The molecule has 124 valence electrons. The van der Waals surface area contributed by atoms with Crippen LogP contribution in [0.1, 0.15) is 38.2 Å². The van der Waals surface area contributed by atoms with E-state index in [2.05, 4.69) is 10.5 Å². The molecule has 0 saturated carbocycles. The van der Waals surface area contributed by atoms with Crippen molar-refractivity contribution in [2.75, 3.05) is 13.1 Å². The monoisotopic (exact) mass is 339 g/mol. The molecule has 1 fully saturated rings. The quantitative estimate of drug-likeness (QED) is 0.677. The molecule has 0 aliphatic carbocycles. The molecule has 1 saturated heterocycles. The van der Waals surface area contributed by atoms with Crippen molar-refractivity contribution in [3.63, 3.8) is 0 Å². The highest BCUT2D eigenvalue weighted by molar-refractivity contribution is 6.34. The lowest BCUT2D eigenvalue weighted by Gasteiger charge is -2.19. The van der Waals surface area contributed by atoms with Gasteiger partial charge in [0.1, 0.15) is 12.4 Å². The number of nitrogens with zero attached hydrogens (tertiary/aromatic N) is 2. The lowest BCUT2D eigenvalue weighted by Crippen LogP contribution is -2.39.